The lowest BCUT2D eigenvalue weighted by Crippen LogP contribution is -2.37. The minimum absolute atomic E-state index is 0.0116. The number of nitrogens with zero attached hydrogens (tertiary/aromatic N) is 1. The van der Waals surface area contributed by atoms with Gasteiger partial charge in [0.2, 0.25) is 5.91 Å². The Kier molecular flexibility index (Phi) is 3.33. The van der Waals surface area contributed by atoms with Crippen LogP contribution in [0.4, 0.5) is 0 Å². The molecule has 0 radical (unpaired) electrons. The van der Waals surface area contributed by atoms with Crippen molar-refractivity contribution in [1.82, 2.24) is 9.88 Å². The summed E-state index contributed by atoms with van der Waals surface area (Å²) >= 11 is 0. The zero-order valence-electron chi connectivity index (χ0n) is 10.3. The molecule has 98 valence electrons. The van der Waals surface area contributed by atoms with Crippen molar-refractivity contribution < 1.29 is 9.59 Å². The van der Waals surface area contributed by atoms with E-state index >= 15 is 0 Å². The number of aromatic nitrogens is 1. The fourth-order valence-corrected chi connectivity index (χ4v) is 1.82. The highest BCUT2D eigenvalue weighted by Gasteiger charge is 2.17. The molecular formula is C13H13N3O3. The number of carbonyl (C=O) groups excluding carboxylic acids is 2. The highest BCUT2D eigenvalue weighted by atomic mass is 16.2. The third kappa shape index (κ3) is 2.62. The van der Waals surface area contributed by atoms with Gasteiger partial charge in [-0.15, -0.1) is 0 Å². The molecule has 19 heavy (non-hydrogen) atoms. The lowest BCUT2D eigenvalue weighted by molar-refractivity contribution is -0.118. The zero-order valence-corrected chi connectivity index (χ0v) is 10.3. The van der Waals surface area contributed by atoms with E-state index in [1.165, 1.54) is 13.1 Å². The average Bonchev–Trinajstić information content (AvgIpc) is 2.36. The molecule has 1 aromatic carbocycles. The SMILES string of the molecule is CN(CC(N)=O)C(=O)c1cc2ccccc2[nH]c1=O. The number of rotatable bonds is 3. The lowest BCUT2D eigenvalue weighted by Gasteiger charge is -2.14. The van der Waals surface area contributed by atoms with Gasteiger partial charge in [-0.2, -0.15) is 0 Å². The highest BCUT2D eigenvalue weighted by Crippen LogP contribution is 2.10. The molecular weight excluding hydrogens is 246 g/mol. The maximum atomic E-state index is 12.0. The Morgan fingerprint density at radius 2 is 2.00 bits per heavy atom. The molecule has 2 rings (SSSR count). The highest BCUT2D eigenvalue weighted by molar-refractivity contribution is 5.98. The topological polar surface area (TPSA) is 96.3 Å². The van der Waals surface area contributed by atoms with E-state index in [0.29, 0.717) is 5.52 Å². The fourth-order valence-electron chi connectivity index (χ4n) is 1.82. The van der Waals surface area contributed by atoms with Crippen LogP contribution in [0.1, 0.15) is 10.4 Å². The fraction of sp³-hybridized carbons (Fsp3) is 0.154. The molecule has 0 aliphatic carbocycles. The first kappa shape index (κ1) is 12.8. The van der Waals surface area contributed by atoms with Crippen LogP contribution in [0.2, 0.25) is 0 Å². The van der Waals surface area contributed by atoms with Crippen molar-refractivity contribution in [3.8, 4) is 0 Å². The summed E-state index contributed by atoms with van der Waals surface area (Å²) in [5.74, 6) is -1.17. The van der Waals surface area contributed by atoms with Gasteiger partial charge in [-0.05, 0) is 17.5 Å². The number of nitrogens with one attached hydrogen (secondary N) is 1. The van der Waals surface area contributed by atoms with Gasteiger partial charge in [0.25, 0.3) is 11.5 Å². The first-order chi connectivity index (χ1) is 8.99. The van der Waals surface area contributed by atoms with Gasteiger partial charge >= 0.3 is 0 Å². The number of amides is 2. The van der Waals surface area contributed by atoms with Gasteiger partial charge in [0, 0.05) is 12.6 Å². The summed E-state index contributed by atoms with van der Waals surface area (Å²) in [6.45, 7) is -0.231. The summed E-state index contributed by atoms with van der Waals surface area (Å²) in [7, 11) is 1.42. The van der Waals surface area contributed by atoms with Crippen molar-refractivity contribution in [2.45, 2.75) is 0 Å². The summed E-state index contributed by atoms with van der Waals surface area (Å²) in [5, 5.41) is 0.748. The van der Waals surface area contributed by atoms with Crippen LogP contribution < -0.4 is 11.3 Å². The summed E-state index contributed by atoms with van der Waals surface area (Å²) in [6.07, 6.45) is 0. The zero-order chi connectivity index (χ0) is 14.0. The average molecular weight is 259 g/mol. The monoisotopic (exact) mass is 259 g/mol. The number of nitrogens with two attached hydrogens (primary N) is 1. The van der Waals surface area contributed by atoms with Gasteiger partial charge in [0.1, 0.15) is 5.56 Å². The molecule has 0 bridgehead atoms. The number of pyridine rings is 1. The molecule has 0 aliphatic rings. The van der Waals surface area contributed by atoms with Crippen LogP contribution in [0, 0.1) is 0 Å². The lowest BCUT2D eigenvalue weighted by atomic mass is 10.1. The third-order valence-corrected chi connectivity index (χ3v) is 2.72. The summed E-state index contributed by atoms with van der Waals surface area (Å²) < 4.78 is 0. The molecule has 1 aromatic heterocycles. The molecule has 0 fully saturated rings. The molecule has 0 saturated heterocycles. The van der Waals surface area contributed by atoms with Gasteiger partial charge in [-0.1, -0.05) is 18.2 Å². The smallest absolute Gasteiger partial charge is 0.261 e. The van der Waals surface area contributed by atoms with Crippen LogP contribution in [0.25, 0.3) is 10.9 Å². The van der Waals surface area contributed by atoms with Crippen LogP contribution in [0.3, 0.4) is 0 Å². The molecule has 0 atom stereocenters. The Morgan fingerprint density at radius 3 is 2.68 bits per heavy atom. The number of hydrogen-bond donors (Lipinski definition) is 2. The number of carbonyl (C=O) groups is 2. The second-order valence-electron chi connectivity index (χ2n) is 4.23. The van der Waals surface area contributed by atoms with E-state index in [9.17, 15) is 14.4 Å². The molecule has 2 aromatic rings. The van der Waals surface area contributed by atoms with E-state index in [1.54, 1.807) is 18.2 Å². The Morgan fingerprint density at radius 1 is 1.32 bits per heavy atom. The molecule has 1 heterocycles. The minimum Gasteiger partial charge on any atom is -0.368 e. The maximum Gasteiger partial charge on any atom is 0.261 e. The summed E-state index contributed by atoms with van der Waals surface area (Å²) in [6, 6.07) is 8.64. The first-order valence-electron chi connectivity index (χ1n) is 5.65. The van der Waals surface area contributed by atoms with Crippen LogP contribution >= 0.6 is 0 Å². The largest absolute Gasteiger partial charge is 0.368 e. The Balaban J connectivity index is 2.44. The Labute approximate surface area is 108 Å². The van der Waals surface area contributed by atoms with Crippen LogP contribution in [-0.4, -0.2) is 35.3 Å². The number of H-pyrrole nitrogens is 1. The van der Waals surface area contributed by atoms with Gasteiger partial charge in [-0.25, -0.2) is 0 Å². The second kappa shape index (κ2) is 4.93. The Bertz CT molecular complexity index is 706. The van der Waals surface area contributed by atoms with E-state index in [4.69, 9.17) is 5.73 Å². The second-order valence-corrected chi connectivity index (χ2v) is 4.23. The molecule has 0 unspecified atom stereocenters. The first-order valence-corrected chi connectivity index (χ1v) is 5.65. The van der Waals surface area contributed by atoms with Gasteiger partial charge in [-0.3, -0.25) is 14.4 Å². The molecule has 6 nitrogen and oxygen atoms in total. The van der Waals surface area contributed by atoms with Crippen molar-refractivity contribution in [2.24, 2.45) is 5.73 Å². The third-order valence-electron chi connectivity index (χ3n) is 2.72. The van der Waals surface area contributed by atoms with Gasteiger partial charge < -0.3 is 15.6 Å². The molecule has 0 spiro atoms. The van der Waals surface area contributed by atoms with E-state index in [1.807, 2.05) is 6.07 Å². The molecule has 0 aliphatic heterocycles. The number of benzene rings is 1. The predicted molar refractivity (Wildman–Crippen MR) is 70.7 cm³/mol. The number of hydrogen-bond acceptors (Lipinski definition) is 3. The molecule has 0 saturated carbocycles. The number of fused-ring (bicyclic) bond motifs is 1. The van der Waals surface area contributed by atoms with Gasteiger partial charge in [0.15, 0.2) is 0 Å². The van der Waals surface area contributed by atoms with Crippen molar-refractivity contribution in [3.05, 3.63) is 46.2 Å². The van der Waals surface area contributed by atoms with Crippen molar-refractivity contribution >= 4 is 22.7 Å². The normalized spacial score (nSPS) is 10.4. The Hall–Kier alpha value is -2.63. The predicted octanol–water partition coefficient (Wildman–Crippen LogP) is 0.0854. The number of likely N-dealkylation sites (N-methyl/N-ethyl adjacent to an activating group) is 1. The van der Waals surface area contributed by atoms with Crippen molar-refractivity contribution in [1.29, 1.82) is 0 Å². The maximum absolute atomic E-state index is 12.0. The quantitative estimate of drug-likeness (QED) is 0.817. The number of primary amides is 1. The van der Waals surface area contributed by atoms with Crippen molar-refractivity contribution in [3.63, 3.8) is 0 Å². The van der Waals surface area contributed by atoms with Crippen LogP contribution in [0.15, 0.2) is 35.1 Å². The van der Waals surface area contributed by atoms with E-state index in [0.717, 1.165) is 10.3 Å². The molecule has 2 amide bonds. The number of aromatic amines is 1. The minimum atomic E-state index is -0.631. The molecule has 3 N–H and O–H groups in total. The van der Waals surface area contributed by atoms with Crippen LogP contribution in [0.5, 0.6) is 0 Å². The summed E-state index contributed by atoms with van der Waals surface area (Å²) in [5.41, 5.74) is 5.18. The van der Waals surface area contributed by atoms with E-state index < -0.39 is 17.4 Å². The molecule has 6 heteroatoms. The van der Waals surface area contributed by atoms with E-state index in [-0.39, 0.29) is 12.1 Å². The standard InChI is InChI=1S/C13H13N3O3/c1-16(7-11(14)17)13(19)9-6-8-4-2-3-5-10(8)15-12(9)18/h2-6H,7H2,1H3,(H2,14,17)(H,15,18). The number of para-hydroxylation sites is 1. The van der Waals surface area contributed by atoms with E-state index in [2.05, 4.69) is 4.98 Å². The van der Waals surface area contributed by atoms with Gasteiger partial charge in [0.05, 0.1) is 6.54 Å². The van der Waals surface area contributed by atoms with Crippen molar-refractivity contribution in [2.75, 3.05) is 13.6 Å². The van der Waals surface area contributed by atoms with Crippen LogP contribution in [-0.2, 0) is 4.79 Å². The summed E-state index contributed by atoms with van der Waals surface area (Å²) in [4.78, 5) is 38.4.